The first-order valence-electron chi connectivity index (χ1n) is 7.86. The van der Waals surface area contributed by atoms with E-state index in [1.54, 1.807) is 68.6 Å². The number of carbonyl (C=O) groups is 1. The predicted molar refractivity (Wildman–Crippen MR) is 95.6 cm³/mol. The maximum Gasteiger partial charge on any atom is 0.253 e. The Labute approximate surface area is 148 Å². The fraction of sp³-hybridized carbons (Fsp3) is 0.263. The summed E-state index contributed by atoms with van der Waals surface area (Å²) < 4.78 is 25.0. The van der Waals surface area contributed by atoms with Gasteiger partial charge in [0.2, 0.25) is 0 Å². The van der Waals surface area contributed by atoms with Crippen molar-refractivity contribution in [1.82, 2.24) is 4.90 Å². The second-order valence-corrected chi connectivity index (χ2v) is 7.89. The fourth-order valence-electron chi connectivity index (χ4n) is 2.40. The van der Waals surface area contributed by atoms with Crippen LogP contribution in [0.5, 0.6) is 0 Å². The average Bonchev–Trinajstić information content (AvgIpc) is 2.61. The quantitative estimate of drug-likeness (QED) is 0.797. The van der Waals surface area contributed by atoms with Crippen LogP contribution in [0.1, 0.15) is 29.3 Å². The lowest BCUT2D eigenvalue weighted by Crippen LogP contribution is -2.34. The van der Waals surface area contributed by atoms with E-state index in [1.807, 2.05) is 6.07 Å². The molecule has 0 aliphatic carbocycles. The molecule has 0 fully saturated rings. The van der Waals surface area contributed by atoms with Gasteiger partial charge in [-0.1, -0.05) is 30.3 Å². The summed E-state index contributed by atoms with van der Waals surface area (Å²) in [6.07, 6.45) is 0.240. The maximum absolute atomic E-state index is 12.5. The number of rotatable bonds is 6. The third-order valence-corrected chi connectivity index (χ3v) is 5.70. The lowest BCUT2D eigenvalue weighted by atomic mass is 10.1. The smallest absolute Gasteiger partial charge is 0.253 e. The van der Waals surface area contributed by atoms with Gasteiger partial charge in [0.25, 0.3) is 5.91 Å². The first kappa shape index (κ1) is 18.7. The van der Waals surface area contributed by atoms with Crippen molar-refractivity contribution in [2.75, 3.05) is 7.05 Å². The van der Waals surface area contributed by atoms with Crippen molar-refractivity contribution in [1.29, 1.82) is 5.26 Å². The minimum Gasteiger partial charge on any atom is -0.338 e. The Kier molecular flexibility index (Phi) is 5.94. The molecule has 0 spiro atoms. The number of benzene rings is 2. The Hall–Kier alpha value is -2.65. The van der Waals surface area contributed by atoms with Crippen LogP contribution in [0.3, 0.4) is 0 Å². The molecule has 5 nitrogen and oxygen atoms in total. The van der Waals surface area contributed by atoms with Crippen molar-refractivity contribution in [2.45, 2.75) is 30.0 Å². The van der Waals surface area contributed by atoms with Gasteiger partial charge in [0, 0.05) is 18.7 Å². The highest BCUT2D eigenvalue weighted by Crippen LogP contribution is 2.18. The molecule has 0 heterocycles. The number of hydrogen-bond acceptors (Lipinski definition) is 4. The zero-order chi connectivity index (χ0) is 18.4. The highest BCUT2D eigenvalue weighted by Gasteiger charge is 2.19. The summed E-state index contributed by atoms with van der Waals surface area (Å²) in [4.78, 5) is 14.3. The third kappa shape index (κ3) is 4.68. The van der Waals surface area contributed by atoms with Gasteiger partial charge in [0.15, 0.2) is 9.84 Å². The zero-order valence-corrected chi connectivity index (χ0v) is 15.0. The number of nitriles is 1. The van der Waals surface area contributed by atoms with Gasteiger partial charge in [-0.15, -0.1) is 0 Å². The van der Waals surface area contributed by atoms with E-state index in [4.69, 9.17) is 5.26 Å². The molecule has 2 aromatic carbocycles. The van der Waals surface area contributed by atoms with Gasteiger partial charge in [-0.2, -0.15) is 5.26 Å². The van der Waals surface area contributed by atoms with Gasteiger partial charge in [-0.05, 0) is 36.8 Å². The largest absolute Gasteiger partial charge is 0.338 e. The summed E-state index contributed by atoms with van der Waals surface area (Å²) in [6, 6.07) is 16.7. The van der Waals surface area contributed by atoms with E-state index in [0.29, 0.717) is 11.1 Å². The van der Waals surface area contributed by atoms with E-state index in [2.05, 4.69) is 0 Å². The predicted octanol–water partition coefficient (Wildman–Crippen LogP) is 3.03. The Morgan fingerprint density at radius 1 is 1.16 bits per heavy atom. The molecule has 0 radical (unpaired) electrons. The molecular formula is C19H20N2O3S. The molecule has 1 unspecified atom stereocenters. The molecule has 1 amide bonds. The van der Waals surface area contributed by atoms with Crippen LogP contribution in [0.25, 0.3) is 0 Å². The summed E-state index contributed by atoms with van der Waals surface area (Å²) in [5, 5.41) is 8.76. The molecule has 0 saturated heterocycles. The minimum atomic E-state index is -3.47. The van der Waals surface area contributed by atoms with Crippen LogP contribution in [0.2, 0.25) is 0 Å². The molecule has 2 rings (SSSR count). The molecule has 2 aromatic rings. The van der Waals surface area contributed by atoms with Crippen LogP contribution in [0.4, 0.5) is 0 Å². The van der Waals surface area contributed by atoms with E-state index in [1.165, 1.54) is 4.90 Å². The highest BCUT2D eigenvalue weighted by molar-refractivity contribution is 7.90. The van der Waals surface area contributed by atoms with Crippen LogP contribution in [0.15, 0.2) is 59.5 Å². The van der Waals surface area contributed by atoms with Crippen LogP contribution < -0.4 is 0 Å². The topological polar surface area (TPSA) is 78.2 Å². The Morgan fingerprint density at radius 2 is 1.84 bits per heavy atom. The fourth-order valence-corrected chi connectivity index (χ4v) is 3.75. The van der Waals surface area contributed by atoms with Crippen molar-refractivity contribution in [3.8, 4) is 6.07 Å². The van der Waals surface area contributed by atoms with E-state index < -0.39 is 9.84 Å². The van der Waals surface area contributed by atoms with Gasteiger partial charge >= 0.3 is 0 Å². The van der Waals surface area contributed by atoms with Gasteiger partial charge in [-0.3, -0.25) is 4.79 Å². The number of amides is 1. The lowest BCUT2D eigenvalue weighted by Gasteiger charge is -2.23. The first-order chi connectivity index (χ1) is 11.8. The molecule has 25 heavy (non-hydrogen) atoms. The second-order valence-electron chi connectivity index (χ2n) is 5.90. The minimum absolute atomic E-state index is 0.171. The summed E-state index contributed by atoms with van der Waals surface area (Å²) in [5.41, 5.74) is 0.962. The number of sulfone groups is 1. The van der Waals surface area contributed by atoms with E-state index in [-0.39, 0.29) is 29.0 Å². The van der Waals surface area contributed by atoms with Crippen LogP contribution in [-0.4, -0.2) is 32.3 Å². The lowest BCUT2D eigenvalue weighted by molar-refractivity contribution is 0.0746. The van der Waals surface area contributed by atoms with Crippen molar-refractivity contribution < 1.29 is 13.2 Å². The first-order valence-corrected chi connectivity index (χ1v) is 9.51. The van der Waals surface area contributed by atoms with Gasteiger partial charge in [-0.25, -0.2) is 8.42 Å². The molecular weight excluding hydrogens is 336 g/mol. The van der Waals surface area contributed by atoms with Crippen molar-refractivity contribution in [3.63, 3.8) is 0 Å². The Bertz CT molecular complexity index is 886. The Morgan fingerprint density at radius 3 is 2.48 bits per heavy atom. The van der Waals surface area contributed by atoms with Gasteiger partial charge < -0.3 is 4.90 Å². The summed E-state index contributed by atoms with van der Waals surface area (Å²) in [7, 11) is -1.83. The molecule has 130 valence electrons. The van der Waals surface area contributed by atoms with E-state index in [9.17, 15) is 13.2 Å². The van der Waals surface area contributed by atoms with Gasteiger partial charge in [0.05, 0.1) is 23.1 Å². The van der Waals surface area contributed by atoms with Crippen molar-refractivity contribution in [2.24, 2.45) is 0 Å². The van der Waals surface area contributed by atoms with Crippen LogP contribution >= 0.6 is 0 Å². The maximum atomic E-state index is 12.5. The second kappa shape index (κ2) is 7.95. The van der Waals surface area contributed by atoms with Crippen LogP contribution in [-0.2, 0) is 15.6 Å². The van der Waals surface area contributed by atoms with Crippen molar-refractivity contribution >= 4 is 15.7 Å². The molecule has 1 atom stereocenters. The summed E-state index contributed by atoms with van der Waals surface area (Å²) in [6.45, 7) is 1.80. The number of hydrogen-bond donors (Lipinski definition) is 0. The SMILES string of the molecule is CC(CC#N)N(C)C(=O)c1cccc(CS(=O)(=O)c2ccccc2)c1. The molecule has 0 N–H and O–H groups in total. The standard InChI is InChI=1S/C19H20N2O3S/c1-15(11-12-20)21(2)19(22)17-8-6-7-16(13-17)14-25(23,24)18-9-4-3-5-10-18/h3-10,13,15H,11,14H2,1-2H3. The Balaban J connectivity index is 2.22. The number of nitrogens with zero attached hydrogens (tertiary/aromatic N) is 2. The molecule has 6 heteroatoms. The normalized spacial score (nSPS) is 12.2. The average molecular weight is 356 g/mol. The monoisotopic (exact) mass is 356 g/mol. The van der Waals surface area contributed by atoms with E-state index in [0.717, 1.165) is 0 Å². The van der Waals surface area contributed by atoms with Crippen LogP contribution in [0, 0.1) is 11.3 Å². The van der Waals surface area contributed by atoms with E-state index >= 15 is 0 Å². The molecule has 0 bridgehead atoms. The summed E-state index contributed by atoms with van der Waals surface area (Å²) in [5.74, 6) is -0.406. The van der Waals surface area contributed by atoms with Gasteiger partial charge in [0.1, 0.15) is 0 Å². The van der Waals surface area contributed by atoms with Crippen molar-refractivity contribution in [3.05, 3.63) is 65.7 Å². The summed E-state index contributed by atoms with van der Waals surface area (Å²) >= 11 is 0. The molecule has 0 aromatic heterocycles. The molecule has 0 saturated carbocycles. The number of carbonyl (C=O) groups excluding carboxylic acids is 1. The third-order valence-electron chi connectivity index (χ3n) is 4.00. The zero-order valence-electron chi connectivity index (χ0n) is 14.2. The highest BCUT2D eigenvalue weighted by atomic mass is 32.2. The molecule has 0 aliphatic rings. The molecule has 0 aliphatic heterocycles.